The van der Waals surface area contributed by atoms with Gasteiger partial charge in [-0.15, -0.1) is 0 Å². The van der Waals surface area contributed by atoms with Crippen LogP contribution in [0.2, 0.25) is 0 Å². The van der Waals surface area contributed by atoms with E-state index < -0.39 is 12.4 Å². The average Bonchev–Trinajstić information content (AvgIpc) is 2.82. The van der Waals surface area contributed by atoms with Crippen molar-refractivity contribution in [3.63, 3.8) is 0 Å². The molecule has 0 aliphatic carbocycles. The minimum absolute atomic E-state index is 0.0472. The Morgan fingerprint density at radius 2 is 2.29 bits per heavy atom. The molecule has 96 valence electrons. The van der Waals surface area contributed by atoms with Gasteiger partial charge in [-0.05, 0) is 6.42 Å². The van der Waals surface area contributed by atoms with Crippen LogP contribution < -0.4 is 0 Å². The van der Waals surface area contributed by atoms with Gasteiger partial charge >= 0.3 is 6.09 Å². The van der Waals surface area contributed by atoms with Gasteiger partial charge in [0.05, 0.1) is 0 Å². The Bertz CT molecular complexity index is 325. The van der Waals surface area contributed by atoms with E-state index in [0.717, 1.165) is 25.7 Å². The maximum Gasteiger partial charge on any atom is 0.421 e. The van der Waals surface area contributed by atoms with Crippen molar-refractivity contribution < 1.29 is 14.6 Å². The van der Waals surface area contributed by atoms with E-state index in [0.29, 0.717) is 0 Å². The lowest BCUT2D eigenvalue weighted by Crippen LogP contribution is -2.27. The second-order valence-electron chi connectivity index (χ2n) is 4.22. The Balaban J connectivity index is 2.32. The lowest BCUT2D eigenvalue weighted by atomic mass is 10.0. The van der Waals surface area contributed by atoms with Crippen molar-refractivity contribution in [1.82, 2.24) is 9.55 Å². The van der Waals surface area contributed by atoms with E-state index >= 15 is 0 Å². The quantitative estimate of drug-likeness (QED) is 0.612. The third-order valence-electron chi connectivity index (χ3n) is 2.69. The molecule has 0 saturated heterocycles. The first-order valence-electron chi connectivity index (χ1n) is 6.02. The summed E-state index contributed by atoms with van der Waals surface area (Å²) in [5.41, 5.74) is 0. The fourth-order valence-corrected chi connectivity index (χ4v) is 1.51. The van der Waals surface area contributed by atoms with Crippen molar-refractivity contribution in [2.24, 2.45) is 5.92 Å². The van der Waals surface area contributed by atoms with Crippen molar-refractivity contribution in [2.45, 2.75) is 45.8 Å². The number of aromatic nitrogens is 2. The fraction of sp³-hybridized carbons (Fsp3) is 0.667. The number of aliphatic hydroxyl groups excluding tert-OH is 1. The molecule has 0 fully saturated rings. The van der Waals surface area contributed by atoms with Crippen LogP contribution in [0, 0.1) is 5.92 Å². The molecule has 0 aliphatic rings. The van der Waals surface area contributed by atoms with E-state index in [1.807, 2.05) is 6.92 Å². The maximum atomic E-state index is 11.5. The first-order valence-corrected chi connectivity index (χ1v) is 6.02. The number of nitrogens with zero attached hydrogens (tertiary/aromatic N) is 2. The first kappa shape index (κ1) is 13.7. The van der Waals surface area contributed by atoms with Crippen LogP contribution >= 0.6 is 0 Å². The minimum Gasteiger partial charge on any atom is -0.419 e. The van der Waals surface area contributed by atoms with Gasteiger partial charge in [-0.25, -0.2) is 14.3 Å². The Morgan fingerprint density at radius 1 is 1.53 bits per heavy atom. The van der Waals surface area contributed by atoms with Crippen LogP contribution in [0.5, 0.6) is 0 Å². The summed E-state index contributed by atoms with van der Waals surface area (Å²) >= 11 is 0. The molecule has 0 aliphatic heterocycles. The zero-order valence-corrected chi connectivity index (χ0v) is 10.4. The van der Waals surface area contributed by atoms with Crippen molar-refractivity contribution in [3.05, 3.63) is 18.7 Å². The maximum absolute atomic E-state index is 11.5. The zero-order valence-electron chi connectivity index (χ0n) is 10.4. The SMILES string of the molecule is CCCCCC(C)[C@@H](O)OC(=O)n1ccnc1. The van der Waals surface area contributed by atoms with Crippen LogP contribution in [0.1, 0.15) is 39.5 Å². The molecule has 1 N–H and O–H groups in total. The summed E-state index contributed by atoms with van der Waals surface area (Å²) in [6, 6.07) is 0. The second kappa shape index (κ2) is 7.06. The van der Waals surface area contributed by atoms with Gasteiger partial charge in [0.2, 0.25) is 6.29 Å². The van der Waals surface area contributed by atoms with Gasteiger partial charge in [0.15, 0.2) is 0 Å². The zero-order chi connectivity index (χ0) is 12.7. The molecule has 2 atom stereocenters. The van der Waals surface area contributed by atoms with Gasteiger partial charge in [-0.2, -0.15) is 0 Å². The minimum atomic E-state index is -1.05. The largest absolute Gasteiger partial charge is 0.421 e. The molecule has 1 heterocycles. The molecule has 1 aromatic heterocycles. The van der Waals surface area contributed by atoms with Gasteiger partial charge in [0.1, 0.15) is 6.33 Å². The highest BCUT2D eigenvalue weighted by molar-refractivity contribution is 5.70. The van der Waals surface area contributed by atoms with Gasteiger partial charge in [-0.3, -0.25) is 0 Å². The number of carbonyl (C=O) groups is 1. The molecule has 0 spiro atoms. The summed E-state index contributed by atoms with van der Waals surface area (Å²) in [5.74, 6) is -0.0472. The predicted octanol–water partition coefficient (Wildman–Crippen LogP) is 2.40. The van der Waals surface area contributed by atoms with E-state index in [9.17, 15) is 9.90 Å². The van der Waals surface area contributed by atoms with E-state index in [2.05, 4.69) is 11.9 Å². The Hall–Kier alpha value is -1.36. The predicted molar refractivity (Wildman–Crippen MR) is 63.4 cm³/mol. The van der Waals surface area contributed by atoms with E-state index in [4.69, 9.17) is 4.74 Å². The summed E-state index contributed by atoms with van der Waals surface area (Å²) in [6.07, 6.45) is 6.82. The third kappa shape index (κ3) is 4.56. The van der Waals surface area contributed by atoms with E-state index in [-0.39, 0.29) is 5.92 Å². The van der Waals surface area contributed by atoms with Crippen LogP contribution in [-0.2, 0) is 4.74 Å². The van der Waals surface area contributed by atoms with Crippen LogP contribution in [0.3, 0.4) is 0 Å². The Labute approximate surface area is 101 Å². The molecule has 17 heavy (non-hydrogen) atoms. The summed E-state index contributed by atoms with van der Waals surface area (Å²) in [6.45, 7) is 4.00. The molecule has 0 bridgehead atoms. The molecule has 0 radical (unpaired) electrons. The van der Waals surface area contributed by atoms with Crippen molar-refractivity contribution in [2.75, 3.05) is 0 Å². The lowest BCUT2D eigenvalue weighted by Gasteiger charge is -2.18. The fourth-order valence-electron chi connectivity index (χ4n) is 1.51. The lowest BCUT2D eigenvalue weighted by molar-refractivity contribution is -0.0877. The summed E-state index contributed by atoms with van der Waals surface area (Å²) in [5, 5.41) is 9.71. The normalized spacial score (nSPS) is 14.3. The molecule has 1 unspecified atom stereocenters. The highest BCUT2D eigenvalue weighted by Gasteiger charge is 2.19. The molecule has 1 aromatic rings. The average molecular weight is 240 g/mol. The van der Waals surface area contributed by atoms with Crippen LogP contribution in [0.4, 0.5) is 4.79 Å². The molecule has 5 heteroatoms. The molecule has 0 amide bonds. The highest BCUT2D eigenvalue weighted by Crippen LogP contribution is 2.14. The van der Waals surface area contributed by atoms with Gasteiger partial charge in [0.25, 0.3) is 0 Å². The summed E-state index contributed by atoms with van der Waals surface area (Å²) in [7, 11) is 0. The number of aliphatic hydroxyl groups is 1. The Kier molecular flexibility index (Phi) is 5.69. The van der Waals surface area contributed by atoms with Gasteiger partial charge in [-0.1, -0.05) is 33.1 Å². The standard InChI is InChI=1S/C12H20N2O3/c1-3-4-5-6-10(2)11(15)17-12(16)14-8-7-13-9-14/h7-11,15H,3-6H2,1-2H3/t10?,11-/m0/s1. The number of rotatable bonds is 6. The molecular formula is C12H20N2O3. The number of imidazole rings is 1. The van der Waals surface area contributed by atoms with E-state index in [1.54, 1.807) is 0 Å². The van der Waals surface area contributed by atoms with Gasteiger partial charge in [0, 0.05) is 18.3 Å². The third-order valence-corrected chi connectivity index (χ3v) is 2.69. The number of ether oxygens (including phenoxy) is 1. The Morgan fingerprint density at radius 3 is 2.88 bits per heavy atom. The first-order chi connectivity index (χ1) is 8.15. The smallest absolute Gasteiger partial charge is 0.419 e. The van der Waals surface area contributed by atoms with E-state index in [1.165, 1.54) is 23.3 Å². The summed E-state index contributed by atoms with van der Waals surface area (Å²) < 4.78 is 6.12. The molecule has 0 saturated carbocycles. The second-order valence-corrected chi connectivity index (χ2v) is 4.22. The number of hydrogen-bond acceptors (Lipinski definition) is 4. The highest BCUT2D eigenvalue weighted by atomic mass is 16.6. The van der Waals surface area contributed by atoms with Crippen molar-refractivity contribution in [3.8, 4) is 0 Å². The number of hydrogen-bond donors (Lipinski definition) is 1. The van der Waals surface area contributed by atoms with Crippen LogP contribution in [0.25, 0.3) is 0 Å². The van der Waals surface area contributed by atoms with Crippen LogP contribution in [0.15, 0.2) is 18.7 Å². The van der Waals surface area contributed by atoms with Crippen LogP contribution in [-0.4, -0.2) is 27.0 Å². The number of carbonyl (C=O) groups excluding carboxylic acids is 1. The van der Waals surface area contributed by atoms with Gasteiger partial charge < -0.3 is 9.84 Å². The van der Waals surface area contributed by atoms with Crippen molar-refractivity contribution >= 4 is 6.09 Å². The molecule has 1 rings (SSSR count). The number of unbranched alkanes of at least 4 members (excludes halogenated alkanes) is 2. The molecular weight excluding hydrogens is 220 g/mol. The molecule has 0 aromatic carbocycles. The topological polar surface area (TPSA) is 64.3 Å². The molecule has 5 nitrogen and oxygen atoms in total. The van der Waals surface area contributed by atoms with Crippen molar-refractivity contribution in [1.29, 1.82) is 0 Å². The summed E-state index contributed by atoms with van der Waals surface area (Å²) in [4.78, 5) is 15.2. The monoisotopic (exact) mass is 240 g/mol.